The highest BCUT2D eigenvalue weighted by Gasteiger charge is 2.34. The van der Waals surface area contributed by atoms with Crippen molar-refractivity contribution < 1.29 is 23.8 Å². The number of fused-ring (bicyclic) bond motifs is 4. The zero-order valence-corrected chi connectivity index (χ0v) is 24.4. The molecule has 1 aliphatic rings. The molecule has 16 heteroatoms. The Morgan fingerprint density at radius 3 is 2.68 bits per heavy atom. The molecule has 6 N–H and O–H groups in total. The highest BCUT2D eigenvalue weighted by Crippen LogP contribution is 2.35. The number of pyridine rings is 1. The van der Waals surface area contributed by atoms with Gasteiger partial charge in [-0.2, -0.15) is 13.9 Å². The van der Waals surface area contributed by atoms with Gasteiger partial charge in [0.25, 0.3) is 5.56 Å². The molecule has 5 rings (SSSR count). The fraction of sp³-hybridized carbons (Fsp3) is 0.250. The molecule has 0 saturated heterocycles. The first-order valence-corrected chi connectivity index (χ1v) is 13.9. The maximum Gasteiger partial charge on any atom is 0.333 e. The minimum Gasteiger partial charge on any atom is -0.390 e. The Balaban J connectivity index is 1.64. The van der Waals surface area contributed by atoms with E-state index >= 15 is 0 Å². The van der Waals surface area contributed by atoms with Crippen LogP contribution in [0.1, 0.15) is 31.6 Å². The van der Waals surface area contributed by atoms with E-state index in [0.717, 1.165) is 6.20 Å². The number of alkyl halides is 2. The normalized spacial score (nSPS) is 20.8. The van der Waals surface area contributed by atoms with Gasteiger partial charge in [-0.05, 0) is 30.3 Å². The summed E-state index contributed by atoms with van der Waals surface area (Å²) in [5.74, 6) is -1.89. The van der Waals surface area contributed by atoms with Gasteiger partial charge >= 0.3 is 6.55 Å². The molecule has 230 valence electrons. The fourth-order valence-corrected chi connectivity index (χ4v) is 5.17. The molecule has 0 fully saturated rings. The average Bonchev–Trinajstić information content (AvgIpc) is 3.41. The number of aliphatic hydroxyl groups is 2. The molecule has 0 saturated carbocycles. The van der Waals surface area contributed by atoms with Crippen molar-refractivity contribution in [2.24, 2.45) is 11.7 Å². The minimum atomic E-state index is -3.04. The van der Waals surface area contributed by atoms with Crippen LogP contribution in [-0.4, -0.2) is 52.6 Å². The van der Waals surface area contributed by atoms with Gasteiger partial charge in [-0.1, -0.05) is 30.1 Å². The van der Waals surface area contributed by atoms with E-state index in [1.807, 2.05) is 0 Å². The maximum absolute atomic E-state index is 13.9. The van der Waals surface area contributed by atoms with Gasteiger partial charge in [-0.3, -0.25) is 19.1 Å². The molecule has 4 atom stereocenters. The summed E-state index contributed by atoms with van der Waals surface area (Å²) in [6.07, 6.45) is 1.64. The first kappa shape index (κ1) is 31.1. The number of anilines is 2. The highest BCUT2D eigenvalue weighted by molar-refractivity contribution is 6.31. The van der Waals surface area contributed by atoms with Crippen molar-refractivity contribution in [2.45, 2.75) is 38.1 Å². The lowest BCUT2D eigenvalue weighted by atomic mass is 9.92. The number of carbonyl (C=O) groups is 1. The van der Waals surface area contributed by atoms with Gasteiger partial charge in [0.1, 0.15) is 5.16 Å². The summed E-state index contributed by atoms with van der Waals surface area (Å²) in [5.41, 5.74) is 6.43. The quantitative estimate of drug-likeness (QED) is 0.201. The lowest BCUT2D eigenvalue weighted by Gasteiger charge is -2.28. The number of amides is 1. The molecule has 0 spiro atoms. The summed E-state index contributed by atoms with van der Waals surface area (Å²) < 4.78 is 29.5. The Labute approximate surface area is 258 Å². The molecular formula is C28H26Cl2F2N8O4. The first-order chi connectivity index (χ1) is 20.9. The largest absolute Gasteiger partial charge is 0.390 e. The van der Waals surface area contributed by atoms with Crippen molar-refractivity contribution in [3.8, 4) is 22.5 Å². The topological polar surface area (TPSA) is 173 Å². The Morgan fingerprint density at radius 2 is 1.98 bits per heavy atom. The number of nitrogens with two attached hydrogens (primary N) is 1. The van der Waals surface area contributed by atoms with Crippen LogP contribution in [0, 0.1) is 5.92 Å². The van der Waals surface area contributed by atoms with Crippen LogP contribution in [0.15, 0.2) is 71.3 Å². The number of hydrogen-bond donors (Lipinski definition) is 5. The smallest absolute Gasteiger partial charge is 0.333 e. The summed E-state index contributed by atoms with van der Waals surface area (Å²) in [7, 11) is 0. The van der Waals surface area contributed by atoms with E-state index < -0.39 is 42.2 Å². The molecule has 4 heterocycles. The van der Waals surface area contributed by atoms with E-state index in [2.05, 4.69) is 25.7 Å². The van der Waals surface area contributed by atoms with E-state index in [9.17, 15) is 28.6 Å². The summed E-state index contributed by atoms with van der Waals surface area (Å²) in [6.45, 7) is -1.66. The number of rotatable bonds is 5. The van der Waals surface area contributed by atoms with Gasteiger partial charge in [0, 0.05) is 46.7 Å². The highest BCUT2D eigenvalue weighted by atomic mass is 35.5. The predicted molar refractivity (Wildman–Crippen MR) is 160 cm³/mol. The van der Waals surface area contributed by atoms with Crippen LogP contribution < -0.4 is 21.9 Å². The van der Waals surface area contributed by atoms with Crippen molar-refractivity contribution >= 4 is 40.5 Å². The first-order valence-electron chi connectivity index (χ1n) is 13.2. The van der Waals surface area contributed by atoms with E-state index in [1.165, 1.54) is 48.4 Å². The lowest BCUT2D eigenvalue weighted by molar-refractivity contribution is -0.126. The zero-order valence-electron chi connectivity index (χ0n) is 22.9. The zero-order chi connectivity index (χ0) is 31.7. The lowest BCUT2D eigenvalue weighted by Crippen LogP contribution is -2.41. The third kappa shape index (κ3) is 6.28. The minimum absolute atomic E-state index is 0.0113. The molecule has 3 aromatic heterocycles. The van der Waals surface area contributed by atoms with Gasteiger partial charge in [0.2, 0.25) is 5.91 Å². The van der Waals surface area contributed by atoms with Crippen molar-refractivity contribution in [3.63, 3.8) is 0 Å². The standard InChI is InChI=1S/C28H26Cl2F2N8O4/c1-13-26(43)22(41)9-21(19-6-14(4-5-34-19)25-20(38-27(13)44)10-37-40(25)28(31)32)39-12-36-18(8-24(39)42)16-7-15(29)2-3-17(16)35-11-23(30)33/h2-8,10-13,21-22,26,28,35,41,43H,9,33H2,1H3,(H,38,44)/b23-11-. The van der Waals surface area contributed by atoms with Crippen LogP contribution in [0.3, 0.4) is 0 Å². The van der Waals surface area contributed by atoms with Gasteiger partial charge in [0.15, 0.2) is 0 Å². The van der Waals surface area contributed by atoms with Gasteiger partial charge < -0.3 is 26.6 Å². The predicted octanol–water partition coefficient (Wildman–Crippen LogP) is 3.92. The Kier molecular flexibility index (Phi) is 8.97. The van der Waals surface area contributed by atoms with Crippen LogP contribution in [0.2, 0.25) is 5.02 Å². The number of halogens is 4. The second kappa shape index (κ2) is 12.7. The molecule has 0 aliphatic carbocycles. The van der Waals surface area contributed by atoms with E-state index in [1.54, 1.807) is 18.2 Å². The SMILES string of the molecule is CC1C(=O)Nc2cnn(C(F)F)c2-c2ccnc(c2)C(n2cnc(-c3cc(Cl)ccc3N/C=C(\N)Cl)cc2=O)CC(O)C1O. The van der Waals surface area contributed by atoms with E-state index in [0.29, 0.717) is 21.0 Å². The van der Waals surface area contributed by atoms with Crippen molar-refractivity contribution in [1.29, 1.82) is 0 Å². The number of aromatic nitrogens is 5. The number of hydrogen-bond acceptors (Lipinski definition) is 9. The second-order valence-corrected chi connectivity index (χ2v) is 10.9. The maximum atomic E-state index is 13.9. The van der Waals surface area contributed by atoms with Crippen molar-refractivity contribution in [3.05, 3.63) is 87.5 Å². The number of aliphatic hydroxyl groups excluding tert-OH is 2. The molecule has 44 heavy (non-hydrogen) atoms. The molecule has 4 aromatic rings. The Morgan fingerprint density at radius 1 is 1.20 bits per heavy atom. The molecule has 0 radical (unpaired) electrons. The van der Waals surface area contributed by atoms with Crippen molar-refractivity contribution in [1.82, 2.24) is 24.3 Å². The summed E-state index contributed by atoms with van der Waals surface area (Å²) in [4.78, 5) is 35.4. The van der Waals surface area contributed by atoms with Crippen LogP contribution >= 0.6 is 23.2 Å². The van der Waals surface area contributed by atoms with Gasteiger partial charge in [-0.15, -0.1) is 0 Å². The van der Waals surface area contributed by atoms with Crippen molar-refractivity contribution in [2.75, 3.05) is 10.6 Å². The summed E-state index contributed by atoms with van der Waals surface area (Å²) in [6, 6.07) is 7.96. The second-order valence-electron chi connectivity index (χ2n) is 10.1. The monoisotopic (exact) mass is 646 g/mol. The van der Waals surface area contributed by atoms with Crippen LogP contribution in [-0.2, 0) is 4.79 Å². The molecule has 4 unspecified atom stereocenters. The number of nitrogens with zero attached hydrogens (tertiary/aromatic N) is 5. The van der Waals surface area contributed by atoms with Crippen LogP contribution in [0.4, 0.5) is 20.2 Å². The number of carbonyl (C=O) groups excluding carboxylic acids is 1. The van der Waals surface area contributed by atoms with Gasteiger partial charge in [-0.25, -0.2) is 9.67 Å². The van der Waals surface area contributed by atoms with Crippen LogP contribution in [0.25, 0.3) is 22.5 Å². The fourth-order valence-electron chi connectivity index (χ4n) is 4.94. The Hall–Kier alpha value is -4.37. The van der Waals surface area contributed by atoms with E-state index in [-0.39, 0.29) is 39.9 Å². The average molecular weight is 647 g/mol. The summed E-state index contributed by atoms with van der Waals surface area (Å²) in [5, 5.41) is 31.4. The molecule has 1 aromatic carbocycles. The molecular weight excluding hydrogens is 621 g/mol. The summed E-state index contributed by atoms with van der Waals surface area (Å²) >= 11 is 12.0. The Bertz CT molecular complexity index is 1790. The number of nitrogens with one attached hydrogen (secondary N) is 2. The third-order valence-electron chi connectivity index (χ3n) is 7.21. The van der Waals surface area contributed by atoms with E-state index in [4.69, 9.17) is 28.9 Å². The molecule has 12 nitrogen and oxygen atoms in total. The third-order valence-corrected chi connectivity index (χ3v) is 7.56. The molecule has 1 aliphatic heterocycles. The van der Waals surface area contributed by atoms with Gasteiger partial charge in [0.05, 0.1) is 59.5 Å². The molecule has 1 amide bonds. The molecule has 2 bridgehead atoms. The van der Waals surface area contributed by atoms with Crippen LogP contribution in [0.5, 0.6) is 0 Å². The number of benzene rings is 1.